The van der Waals surface area contributed by atoms with Crippen LogP contribution in [0.15, 0.2) is 17.4 Å². The van der Waals surface area contributed by atoms with E-state index in [0.29, 0.717) is 32.1 Å². The number of nitrogens with zero attached hydrogens (tertiary/aromatic N) is 3. The molecule has 2 atom stereocenters. The van der Waals surface area contributed by atoms with E-state index in [1.54, 1.807) is 0 Å². The predicted octanol–water partition coefficient (Wildman–Crippen LogP) is 5.52. The molecule has 1 aliphatic heterocycles. The van der Waals surface area contributed by atoms with Crippen LogP contribution in [0.5, 0.6) is 5.75 Å². The quantitative estimate of drug-likeness (QED) is 0.265. The summed E-state index contributed by atoms with van der Waals surface area (Å²) in [7, 11) is 0. The molecule has 0 aromatic carbocycles. The molecule has 1 aromatic rings. The summed E-state index contributed by atoms with van der Waals surface area (Å²) >= 11 is 4.56. The Balaban J connectivity index is 1.54. The highest BCUT2D eigenvalue weighted by molar-refractivity contribution is 7.78. The van der Waals surface area contributed by atoms with E-state index in [2.05, 4.69) is 32.3 Å². The highest BCUT2D eigenvalue weighted by atomic mass is 32.1. The molecule has 2 aliphatic rings. The second-order valence-corrected chi connectivity index (χ2v) is 8.39. The van der Waals surface area contributed by atoms with Crippen molar-refractivity contribution in [3.05, 3.63) is 18.2 Å². The molecule has 6 nitrogen and oxygen atoms in total. The average Bonchev–Trinajstić information content (AvgIpc) is 2.76. The van der Waals surface area contributed by atoms with Crippen LogP contribution in [0, 0.1) is 5.92 Å². The SMILES string of the molecule is CCCC1CCC(C(F)(F)Oc2cnc(C(F)(F)OC3CCC(N=C=S)CC3)nc2)CO1. The first-order valence-corrected chi connectivity index (χ1v) is 11.3. The van der Waals surface area contributed by atoms with E-state index in [0.717, 1.165) is 25.2 Å². The minimum absolute atomic E-state index is 0.0142. The molecule has 1 saturated heterocycles. The molecule has 3 rings (SSSR count). The number of aliphatic imine (C=N–C) groups is 1. The van der Waals surface area contributed by atoms with Gasteiger partial charge in [-0.1, -0.05) is 13.3 Å². The molecule has 32 heavy (non-hydrogen) atoms. The van der Waals surface area contributed by atoms with E-state index < -0.39 is 35.8 Å². The minimum atomic E-state index is -3.75. The summed E-state index contributed by atoms with van der Waals surface area (Å²) in [6.07, 6.45) is -1.93. The van der Waals surface area contributed by atoms with E-state index in [1.807, 2.05) is 6.92 Å². The Morgan fingerprint density at radius 1 is 1.12 bits per heavy atom. The number of hydrogen-bond acceptors (Lipinski definition) is 7. The summed E-state index contributed by atoms with van der Waals surface area (Å²) in [5.41, 5.74) is 0. The average molecular weight is 478 g/mol. The zero-order valence-corrected chi connectivity index (χ0v) is 18.6. The lowest BCUT2D eigenvalue weighted by Crippen LogP contribution is -2.41. The molecule has 0 radical (unpaired) electrons. The van der Waals surface area contributed by atoms with Gasteiger partial charge < -0.3 is 14.2 Å². The van der Waals surface area contributed by atoms with Gasteiger partial charge in [-0.15, -0.1) is 0 Å². The molecular formula is C21H27F4N3O3S. The highest BCUT2D eigenvalue weighted by Crippen LogP contribution is 2.37. The van der Waals surface area contributed by atoms with Gasteiger partial charge in [0.1, 0.15) is 0 Å². The molecule has 178 valence electrons. The van der Waals surface area contributed by atoms with Crippen molar-refractivity contribution in [2.45, 2.75) is 88.8 Å². The number of ether oxygens (including phenoxy) is 3. The fourth-order valence-electron chi connectivity index (χ4n) is 4.01. The van der Waals surface area contributed by atoms with E-state index >= 15 is 0 Å². The molecule has 0 spiro atoms. The van der Waals surface area contributed by atoms with Crippen molar-refractivity contribution in [1.29, 1.82) is 0 Å². The molecule has 1 saturated carbocycles. The first-order valence-electron chi connectivity index (χ1n) is 10.9. The van der Waals surface area contributed by atoms with Crippen LogP contribution in [0.3, 0.4) is 0 Å². The first kappa shape index (κ1) is 25.0. The number of thiocarbonyl (C=S) groups is 1. The summed E-state index contributed by atoms with van der Waals surface area (Å²) in [6, 6.07) is -0.0255. The summed E-state index contributed by atoms with van der Waals surface area (Å²) in [4.78, 5) is 11.0. The van der Waals surface area contributed by atoms with E-state index in [1.165, 1.54) is 0 Å². The Hall–Kier alpha value is -1.68. The smallest absolute Gasteiger partial charge is 0.417 e. The van der Waals surface area contributed by atoms with Crippen molar-refractivity contribution in [2.75, 3.05) is 6.61 Å². The molecule has 0 amide bonds. The topological polar surface area (TPSA) is 65.8 Å². The van der Waals surface area contributed by atoms with Crippen LogP contribution < -0.4 is 4.74 Å². The van der Waals surface area contributed by atoms with Gasteiger partial charge >= 0.3 is 12.2 Å². The molecule has 11 heteroatoms. The number of rotatable bonds is 9. The predicted molar refractivity (Wildman–Crippen MR) is 111 cm³/mol. The standard InChI is InChI=1S/C21H27F4N3O3S/c1-2-3-16-7-4-14(12-29-16)20(22,23)31-18-10-26-19(27-11-18)21(24,25)30-17-8-5-15(6-9-17)28-13-32/h10-11,14-17H,2-9,12H2,1H3. The Morgan fingerprint density at radius 3 is 2.38 bits per heavy atom. The Kier molecular flexibility index (Phi) is 8.55. The molecule has 1 aliphatic carbocycles. The Bertz CT molecular complexity index is 777. The number of hydrogen-bond donors (Lipinski definition) is 0. The van der Waals surface area contributed by atoms with Gasteiger partial charge in [-0.2, -0.15) is 17.6 Å². The van der Waals surface area contributed by atoms with Crippen molar-refractivity contribution in [3.8, 4) is 5.75 Å². The van der Waals surface area contributed by atoms with E-state index in [4.69, 9.17) is 14.2 Å². The zero-order valence-electron chi connectivity index (χ0n) is 17.8. The van der Waals surface area contributed by atoms with Crippen LogP contribution in [0.25, 0.3) is 0 Å². The minimum Gasteiger partial charge on any atom is -0.429 e. The van der Waals surface area contributed by atoms with Gasteiger partial charge in [0, 0.05) is 0 Å². The summed E-state index contributed by atoms with van der Waals surface area (Å²) in [5, 5.41) is 2.30. The van der Waals surface area contributed by atoms with Gasteiger partial charge in [0.15, 0.2) is 5.75 Å². The second kappa shape index (κ2) is 11.0. The van der Waals surface area contributed by atoms with Crippen molar-refractivity contribution in [2.24, 2.45) is 10.9 Å². The van der Waals surface area contributed by atoms with E-state index in [-0.39, 0.29) is 25.2 Å². The van der Waals surface area contributed by atoms with Gasteiger partial charge in [-0.05, 0) is 57.2 Å². The van der Waals surface area contributed by atoms with Crippen LogP contribution in [-0.2, 0) is 15.6 Å². The molecule has 2 unspecified atom stereocenters. The van der Waals surface area contributed by atoms with Gasteiger partial charge in [-0.3, -0.25) is 0 Å². The second-order valence-electron chi connectivity index (χ2n) is 8.21. The van der Waals surface area contributed by atoms with Crippen LogP contribution in [0.1, 0.15) is 64.1 Å². The van der Waals surface area contributed by atoms with Crippen molar-refractivity contribution in [1.82, 2.24) is 9.97 Å². The van der Waals surface area contributed by atoms with Crippen molar-refractivity contribution >= 4 is 17.4 Å². The third-order valence-electron chi connectivity index (χ3n) is 5.79. The highest BCUT2D eigenvalue weighted by Gasteiger charge is 2.45. The van der Waals surface area contributed by atoms with Crippen LogP contribution >= 0.6 is 12.2 Å². The normalized spacial score (nSPS) is 26.9. The lowest BCUT2D eigenvalue weighted by molar-refractivity contribution is -0.282. The van der Waals surface area contributed by atoms with Crippen molar-refractivity contribution in [3.63, 3.8) is 0 Å². The van der Waals surface area contributed by atoms with Gasteiger partial charge in [-0.25, -0.2) is 15.0 Å². The van der Waals surface area contributed by atoms with E-state index in [9.17, 15) is 17.6 Å². The van der Waals surface area contributed by atoms with Gasteiger partial charge in [0.25, 0.3) is 0 Å². The largest absolute Gasteiger partial charge is 0.429 e. The Labute approximate surface area is 189 Å². The third-order valence-corrected chi connectivity index (χ3v) is 5.90. The molecule has 2 fully saturated rings. The molecule has 0 N–H and O–H groups in total. The van der Waals surface area contributed by atoms with Gasteiger partial charge in [0.2, 0.25) is 5.82 Å². The molecule has 0 bridgehead atoms. The number of aromatic nitrogens is 2. The monoisotopic (exact) mass is 477 g/mol. The number of alkyl halides is 4. The lowest BCUT2D eigenvalue weighted by atomic mass is 9.93. The Morgan fingerprint density at radius 2 is 1.81 bits per heavy atom. The fourth-order valence-corrected chi connectivity index (χ4v) is 4.16. The number of isothiocyanates is 1. The maximum absolute atomic E-state index is 14.5. The summed E-state index contributed by atoms with van der Waals surface area (Å²) in [5.74, 6) is -2.43. The fraction of sp³-hybridized carbons (Fsp3) is 0.762. The third kappa shape index (κ3) is 6.66. The molecule has 2 heterocycles. The van der Waals surface area contributed by atoms with Crippen LogP contribution in [0.2, 0.25) is 0 Å². The van der Waals surface area contributed by atoms with Crippen molar-refractivity contribution < 1.29 is 31.8 Å². The van der Waals surface area contributed by atoms with Crippen LogP contribution in [0.4, 0.5) is 17.6 Å². The van der Waals surface area contributed by atoms with Crippen LogP contribution in [-0.4, -0.2) is 46.1 Å². The maximum atomic E-state index is 14.5. The lowest BCUT2D eigenvalue weighted by Gasteiger charge is -2.33. The maximum Gasteiger partial charge on any atom is 0.417 e. The zero-order chi connectivity index (χ0) is 23.2. The summed E-state index contributed by atoms with van der Waals surface area (Å²) in [6.45, 7) is 1.88. The van der Waals surface area contributed by atoms with Gasteiger partial charge in [0.05, 0.1) is 48.3 Å². The molecule has 1 aromatic heterocycles. The summed E-state index contributed by atoms with van der Waals surface area (Å²) < 4.78 is 73.0. The first-order chi connectivity index (χ1) is 15.2. The molecular weight excluding hydrogens is 450 g/mol. The number of halogens is 4.